The third-order valence-corrected chi connectivity index (χ3v) is 3.40. The van der Waals surface area contributed by atoms with Crippen LogP contribution in [0.25, 0.3) is 22.3 Å². The maximum atomic E-state index is 10.8. The molecule has 11 nitrogen and oxygen atoms in total. The maximum absolute atomic E-state index is 10.8. The Bertz CT molecular complexity index is 1260. The molecule has 0 aromatic carbocycles. The summed E-state index contributed by atoms with van der Waals surface area (Å²) in [5.41, 5.74) is 6.72. The number of nitrogen functional groups attached to an aromatic ring is 1. The summed E-state index contributed by atoms with van der Waals surface area (Å²) in [7, 11) is 0. The third kappa shape index (κ3) is 3.11. The Labute approximate surface area is 141 Å². The summed E-state index contributed by atoms with van der Waals surface area (Å²) in [5.74, 6) is 0.183. The van der Waals surface area contributed by atoms with Crippen molar-refractivity contribution in [3.63, 3.8) is 0 Å². The molecule has 24 heavy (non-hydrogen) atoms. The Hall–Kier alpha value is -3.19. The Morgan fingerprint density at radius 3 is 2.54 bits per heavy atom. The molecule has 4 aromatic heterocycles. The molecular formula is C11H9N9O2S2. The van der Waals surface area contributed by atoms with Crippen molar-refractivity contribution in [2.45, 2.75) is 0 Å². The van der Waals surface area contributed by atoms with Gasteiger partial charge in [-0.05, 0) is 0 Å². The number of anilines is 1. The highest BCUT2D eigenvalue weighted by molar-refractivity contribution is 7.71. The number of nitrogens with one attached hydrogen (secondary N) is 5. The van der Waals surface area contributed by atoms with E-state index in [1.165, 1.54) is 12.5 Å². The number of aromatic amines is 5. The number of aromatic nitrogens is 8. The van der Waals surface area contributed by atoms with Gasteiger partial charge >= 0.3 is 5.69 Å². The highest BCUT2D eigenvalue weighted by Crippen LogP contribution is 2.05. The van der Waals surface area contributed by atoms with Gasteiger partial charge in [-0.2, -0.15) is 0 Å². The molecule has 0 fully saturated rings. The molecule has 0 saturated carbocycles. The van der Waals surface area contributed by atoms with Gasteiger partial charge < -0.3 is 25.7 Å². The summed E-state index contributed by atoms with van der Waals surface area (Å²) >= 11 is 9.73. The van der Waals surface area contributed by atoms with Crippen LogP contribution in [0.15, 0.2) is 22.1 Å². The zero-order valence-corrected chi connectivity index (χ0v) is 13.3. The Morgan fingerprint density at radius 2 is 1.75 bits per heavy atom. The topological polar surface area (TPSA) is 178 Å². The normalized spacial score (nSPS) is 10.5. The van der Waals surface area contributed by atoms with Crippen LogP contribution >= 0.6 is 24.4 Å². The highest BCUT2D eigenvalue weighted by Gasteiger charge is 2.01. The van der Waals surface area contributed by atoms with E-state index in [0.717, 1.165) is 0 Å². The molecule has 0 aliphatic rings. The molecule has 7 N–H and O–H groups in total. The van der Waals surface area contributed by atoms with Crippen LogP contribution in [0.3, 0.4) is 0 Å². The fourth-order valence-electron chi connectivity index (χ4n) is 1.84. The predicted molar refractivity (Wildman–Crippen MR) is 91.7 cm³/mol. The summed E-state index contributed by atoms with van der Waals surface area (Å²) in [6, 6.07) is 0. The average Bonchev–Trinajstić information content (AvgIpc) is 2.88. The van der Waals surface area contributed by atoms with Gasteiger partial charge in [0.1, 0.15) is 22.3 Å². The van der Waals surface area contributed by atoms with Crippen molar-refractivity contribution in [3.8, 4) is 0 Å². The Balaban J connectivity index is 0.000000141. The number of fused-ring (bicyclic) bond motifs is 2. The van der Waals surface area contributed by atoms with Crippen LogP contribution in [0.2, 0.25) is 0 Å². The Morgan fingerprint density at radius 1 is 0.958 bits per heavy atom. The molecule has 0 bridgehead atoms. The monoisotopic (exact) mass is 363 g/mol. The minimum Gasteiger partial charge on any atom is -0.369 e. The molecule has 0 radical (unpaired) electrons. The van der Waals surface area contributed by atoms with Crippen LogP contribution in [0.4, 0.5) is 5.95 Å². The van der Waals surface area contributed by atoms with E-state index in [9.17, 15) is 9.59 Å². The number of hydrogen-bond donors (Lipinski definition) is 6. The fourth-order valence-corrected chi connectivity index (χ4v) is 2.30. The van der Waals surface area contributed by atoms with Gasteiger partial charge in [0.25, 0.3) is 5.56 Å². The number of H-pyrrole nitrogens is 5. The van der Waals surface area contributed by atoms with E-state index in [1.807, 2.05) is 0 Å². The van der Waals surface area contributed by atoms with Gasteiger partial charge in [0, 0.05) is 0 Å². The van der Waals surface area contributed by atoms with E-state index < -0.39 is 0 Å². The van der Waals surface area contributed by atoms with E-state index in [0.29, 0.717) is 27.0 Å². The molecule has 122 valence electrons. The molecule has 0 aliphatic heterocycles. The molecule has 0 atom stereocenters. The lowest BCUT2D eigenvalue weighted by Gasteiger charge is -1.93. The van der Waals surface area contributed by atoms with E-state index in [4.69, 9.17) is 30.2 Å². The van der Waals surface area contributed by atoms with Crippen molar-refractivity contribution in [1.29, 1.82) is 0 Å². The van der Waals surface area contributed by atoms with E-state index in [1.54, 1.807) is 0 Å². The lowest BCUT2D eigenvalue weighted by atomic mass is 10.5. The fraction of sp³-hybridized carbons (Fsp3) is 0. The number of rotatable bonds is 0. The lowest BCUT2D eigenvalue weighted by Crippen LogP contribution is -2.06. The van der Waals surface area contributed by atoms with Gasteiger partial charge in [0.05, 0.1) is 12.5 Å². The molecule has 0 spiro atoms. The first-order valence-electron chi connectivity index (χ1n) is 6.34. The molecule has 4 heterocycles. The second kappa shape index (κ2) is 6.13. The average molecular weight is 363 g/mol. The summed E-state index contributed by atoms with van der Waals surface area (Å²) < 4.78 is 0.652. The number of imidazole rings is 1. The van der Waals surface area contributed by atoms with Crippen LogP contribution in [0.5, 0.6) is 0 Å². The van der Waals surface area contributed by atoms with Gasteiger partial charge in [-0.15, -0.1) is 0 Å². The third-order valence-electron chi connectivity index (χ3n) is 2.81. The maximum Gasteiger partial charge on any atom is 0.325 e. The molecule has 13 heteroatoms. The summed E-state index contributed by atoms with van der Waals surface area (Å²) in [6.45, 7) is 0. The van der Waals surface area contributed by atoms with Crippen LogP contribution in [-0.4, -0.2) is 39.9 Å². The minimum atomic E-state index is -0.334. The second-order valence-corrected chi connectivity index (χ2v) is 5.21. The lowest BCUT2D eigenvalue weighted by molar-refractivity contribution is 1.11. The van der Waals surface area contributed by atoms with Crippen molar-refractivity contribution >= 4 is 52.7 Å². The van der Waals surface area contributed by atoms with Crippen molar-refractivity contribution in [2.75, 3.05) is 5.73 Å². The van der Waals surface area contributed by atoms with Crippen LogP contribution in [-0.2, 0) is 0 Å². The first-order chi connectivity index (χ1) is 11.4. The number of nitrogens with two attached hydrogens (primary N) is 1. The molecule has 0 unspecified atom stereocenters. The van der Waals surface area contributed by atoms with E-state index >= 15 is 0 Å². The smallest absolute Gasteiger partial charge is 0.325 e. The standard InChI is InChI=1S/C6H4N4OS.C5H5N5OS/c11-3-1-7-4-5(10-3)8-2-9-6(4)12;6-4-8-2-1(3(12)10-4)7-5(11)9-2/h1-2H,(H2,8,9,10,11,12);(H5,6,7,8,9,10,11,12). The van der Waals surface area contributed by atoms with Crippen LogP contribution in [0.1, 0.15) is 0 Å². The minimum absolute atomic E-state index is 0.183. The Kier molecular flexibility index (Phi) is 4.01. The molecular weight excluding hydrogens is 354 g/mol. The summed E-state index contributed by atoms with van der Waals surface area (Å²) in [5, 5.41) is 0. The van der Waals surface area contributed by atoms with Crippen LogP contribution in [0, 0.1) is 9.28 Å². The molecule has 0 aliphatic carbocycles. The quantitative estimate of drug-likeness (QED) is 0.241. The SMILES string of the molecule is Nc1nc(=S)c2[nH]c(=O)[nH]c2[nH]1.O=c1cnc2c(=S)nc[nH]c2[nH]1. The first-order valence-corrected chi connectivity index (χ1v) is 7.16. The van der Waals surface area contributed by atoms with Crippen molar-refractivity contribution < 1.29 is 0 Å². The molecule has 0 amide bonds. The summed E-state index contributed by atoms with van der Waals surface area (Å²) in [4.78, 5) is 45.9. The van der Waals surface area contributed by atoms with Crippen molar-refractivity contribution in [2.24, 2.45) is 0 Å². The molecule has 0 saturated heterocycles. The number of nitrogens with zero attached hydrogens (tertiary/aromatic N) is 3. The van der Waals surface area contributed by atoms with Gasteiger partial charge in [0.2, 0.25) is 0 Å². The van der Waals surface area contributed by atoms with E-state index in [-0.39, 0.29) is 21.8 Å². The van der Waals surface area contributed by atoms with Crippen LogP contribution < -0.4 is 17.0 Å². The second-order valence-electron chi connectivity index (χ2n) is 4.44. The predicted octanol–water partition coefficient (Wildman–Crippen LogP) is 0.267. The zero-order valence-electron chi connectivity index (χ0n) is 11.7. The largest absolute Gasteiger partial charge is 0.369 e. The number of hydrogen-bond acceptors (Lipinski definition) is 8. The summed E-state index contributed by atoms with van der Waals surface area (Å²) in [6.07, 6.45) is 2.59. The molecule has 4 aromatic rings. The van der Waals surface area contributed by atoms with Crippen molar-refractivity contribution in [3.05, 3.63) is 42.6 Å². The first kappa shape index (κ1) is 15.7. The highest BCUT2D eigenvalue weighted by atomic mass is 32.1. The zero-order chi connectivity index (χ0) is 17.3. The van der Waals surface area contributed by atoms with Gasteiger partial charge in [-0.1, -0.05) is 24.4 Å². The van der Waals surface area contributed by atoms with Crippen molar-refractivity contribution in [1.82, 2.24) is 39.9 Å². The molecule has 4 rings (SSSR count). The van der Waals surface area contributed by atoms with Gasteiger partial charge in [-0.25, -0.2) is 19.7 Å². The van der Waals surface area contributed by atoms with E-state index in [2.05, 4.69) is 39.9 Å². The van der Waals surface area contributed by atoms with Gasteiger partial charge in [0.15, 0.2) is 15.2 Å². The van der Waals surface area contributed by atoms with Gasteiger partial charge in [-0.3, -0.25) is 9.78 Å².